The predicted octanol–water partition coefficient (Wildman–Crippen LogP) is 3.19. The van der Waals surface area contributed by atoms with Crippen LogP contribution in [0.4, 0.5) is 13.2 Å². The maximum absolute atomic E-state index is 12.8. The number of rotatable bonds is 1. The fourth-order valence-corrected chi connectivity index (χ4v) is 2.17. The molecule has 1 saturated heterocycles. The van der Waals surface area contributed by atoms with Crippen molar-refractivity contribution in [2.24, 2.45) is 0 Å². The summed E-state index contributed by atoms with van der Waals surface area (Å²) >= 11 is 0. The number of piperidine rings is 1. The van der Waals surface area contributed by atoms with Crippen LogP contribution in [0.25, 0.3) is 0 Å². The summed E-state index contributed by atoms with van der Waals surface area (Å²) in [6, 6.07) is 5.88. The molecular formula is C12H13F3N. The Kier molecular flexibility index (Phi) is 3.19. The van der Waals surface area contributed by atoms with Crippen LogP contribution < -0.4 is 5.32 Å². The van der Waals surface area contributed by atoms with Crippen LogP contribution in [0, 0.1) is 0 Å². The molecule has 1 radical (unpaired) electrons. The van der Waals surface area contributed by atoms with Gasteiger partial charge >= 0.3 is 6.18 Å². The maximum Gasteiger partial charge on any atom is 0.416 e. The highest BCUT2D eigenvalue weighted by Gasteiger charge is 2.35. The second kappa shape index (κ2) is 4.45. The minimum absolute atomic E-state index is 0.00956. The highest BCUT2D eigenvalue weighted by Crippen LogP contribution is 2.37. The molecule has 1 aliphatic rings. The molecule has 1 aliphatic heterocycles. The molecule has 16 heavy (non-hydrogen) atoms. The van der Waals surface area contributed by atoms with Gasteiger partial charge in [-0.2, -0.15) is 13.2 Å². The van der Waals surface area contributed by atoms with Crippen molar-refractivity contribution in [1.29, 1.82) is 0 Å². The van der Waals surface area contributed by atoms with Gasteiger partial charge in [-0.25, -0.2) is 5.32 Å². The number of hydrogen-bond donors (Lipinski definition) is 0. The summed E-state index contributed by atoms with van der Waals surface area (Å²) in [6.45, 7) is 1.35. The van der Waals surface area contributed by atoms with Crippen LogP contribution in [0.5, 0.6) is 0 Å². The molecule has 0 unspecified atom stereocenters. The first-order valence-electron chi connectivity index (χ1n) is 5.38. The highest BCUT2D eigenvalue weighted by molar-refractivity contribution is 5.33. The first-order chi connectivity index (χ1) is 7.59. The number of alkyl halides is 3. The van der Waals surface area contributed by atoms with Gasteiger partial charge < -0.3 is 0 Å². The second-order valence-electron chi connectivity index (χ2n) is 4.03. The molecule has 0 N–H and O–H groups in total. The van der Waals surface area contributed by atoms with E-state index in [9.17, 15) is 13.2 Å². The fourth-order valence-electron chi connectivity index (χ4n) is 2.17. The van der Waals surface area contributed by atoms with Gasteiger partial charge in [0, 0.05) is 13.1 Å². The molecule has 2 rings (SSSR count). The van der Waals surface area contributed by atoms with Crippen LogP contribution >= 0.6 is 0 Å². The zero-order chi connectivity index (χ0) is 11.6. The van der Waals surface area contributed by atoms with Crippen molar-refractivity contribution in [1.82, 2.24) is 5.32 Å². The van der Waals surface area contributed by atoms with Gasteiger partial charge in [-0.3, -0.25) is 0 Å². The monoisotopic (exact) mass is 228 g/mol. The molecule has 1 aromatic rings. The maximum atomic E-state index is 12.8. The molecule has 0 aromatic heterocycles. The normalized spacial score (nSPS) is 18.7. The van der Waals surface area contributed by atoms with Gasteiger partial charge in [0.05, 0.1) is 5.56 Å². The van der Waals surface area contributed by atoms with E-state index in [1.54, 1.807) is 12.1 Å². The smallest absolute Gasteiger partial charge is 0.242 e. The molecule has 4 heteroatoms. The summed E-state index contributed by atoms with van der Waals surface area (Å²) in [5.74, 6) is 0.00956. The Bertz CT molecular complexity index is 354. The number of benzene rings is 1. The quantitative estimate of drug-likeness (QED) is 0.701. The highest BCUT2D eigenvalue weighted by atomic mass is 19.4. The Morgan fingerprint density at radius 1 is 1.06 bits per heavy atom. The third-order valence-electron chi connectivity index (χ3n) is 2.98. The largest absolute Gasteiger partial charge is 0.416 e. The van der Waals surface area contributed by atoms with Crippen molar-refractivity contribution >= 4 is 0 Å². The lowest BCUT2D eigenvalue weighted by atomic mass is 9.87. The molecule has 0 atom stereocenters. The van der Waals surface area contributed by atoms with Gasteiger partial charge in [-0.15, -0.1) is 0 Å². The van der Waals surface area contributed by atoms with Crippen molar-refractivity contribution in [3.63, 3.8) is 0 Å². The van der Waals surface area contributed by atoms with E-state index in [2.05, 4.69) is 5.32 Å². The average Bonchev–Trinajstić information content (AvgIpc) is 2.29. The van der Waals surface area contributed by atoms with Crippen molar-refractivity contribution in [3.8, 4) is 0 Å². The lowest BCUT2D eigenvalue weighted by Gasteiger charge is -2.24. The third kappa shape index (κ3) is 2.38. The first-order valence-corrected chi connectivity index (χ1v) is 5.38. The van der Waals surface area contributed by atoms with E-state index in [0.29, 0.717) is 18.7 Å². The Hall–Kier alpha value is -1.03. The van der Waals surface area contributed by atoms with Crippen molar-refractivity contribution in [2.75, 3.05) is 13.1 Å². The molecule has 1 aromatic carbocycles. The van der Waals surface area contributed by atoms with E-state index in [0.717, 1.165) is 12.8 Å². The van der Waals surface area contributed by atoms with E-state index in [1.807, 2.05) is 0 Å². The molecule has 0 spiro atoms. The summed E-state index contributed by atoms with van der Waals surface area (Å²) in [5, 5.41) is 4.16. The zero-order valence-electron chi connectivity index (χ0n) is 8.80. The van der Waals surface area contributed by atoms with Crippen LogP contribution in [0.3, 0.4) is 0 Å². The van der Waals surface area contributed by atoms with Gasteiger partial charge in [0.2, 0.25) is 0 Å². The Balaban J connectivity index is 2.32. The van der Waals surface area contributed by atoms with Gasteiger partial charge in [-0.05, 0) is 30.4 Å². The van der Waals surface area contributed by atoms with Crippen LogP contribution in [0.15, 0.2) is 24.3 Å². The molecule has 1 fully saturated rings. The minimum Gasteiger partial charge on any atom is -0.242 e. The predicted molar refractivity (Wildman–Crippen MR) is 55.3 cm³/mol. The molecule has 0 saturated carbocycles. The van der Waals surface area contributed by atoms with E-state index in [1.165, 1.54) is 12.1 Å². The lowest BCUT2D eigenvalue weighted by molar-refractivity contribution is -0.138. The summed E-state index contributed by atoms with van der Waals surface area (Å²) in [7, 11) is 0. The molecule has 0 aliphatic carbocycles. The van der Waals surface area contributed by atoms with Crippen LogP contribution in [0.2, 0.25) is 0 Å². The summed E-state index contributed by atoms with van der Waals surface area (Å²) in [6.07, 6.45) is -2.79. The van der Waals surface area contributed by atoms with Gasteiger partial charge in [0.1, 0.15) is 0 Å². The summed E-state index contributed by atoms with van der Waals surface area (Å²) in [5.41, 5.74) is -0.0493. The Labute approximate surface area is 92.7 Å². The first kappa shape index (κ1) is 11.5. The van der Waals surface area contributed by atoms with E-state index >= 15 is 0 Å². The van der Waals surface area contributed by atoms with Gasteiger partial charge in [-0.1, -0.05) is 18.2 Å². The SMILES string of the molecule is FC(F)(F)c1ccccc1C1CC[N]CC1. The molecule has 87 valence electrons. The molecule has 1 nitrogen and oxygen atoms in total. The number of halogens is 3. The zero-order valence-corrected chi connectivity index (χ0v) is 8.80. The molecule has 1 heterocycles. The molecule has 0 amide bonds. The third-order valence-corrected chi connectivity index (χ3v) is 2.98. The summed E-state index contributed by atoms with van der Waals surface area (Å²) in [4.78, 5) is 0. The van der Waals surface area contributed by atoms with Crippen LogP contribution in [0.1, 0.15) is 29.9 Å². The van der Waals surface area contributed by atoms with Crippen molar-refractivity contribution < 1.29 is 13.2 Å². The lowest BCUT2D eigenvalue weighted by Crippen LogP contribution is -2.23. The topological polar surface area (TPSA) is 14.1 Å². The van der Waals surface area contributed by atoms with E-state index in [4.69, 9.17) is 0 Å². The summed E-state index contributed by atoms with van der Waals surface area (Å²) < 4.78 is 38.3. The van der Waals surface area contributed by atoms with Crippen molar-refractivity contribution in [2.45, 2.75) is 24.9 Å². The molecular weight excluding hydrogens is 215 g/mol. The van der Waals surface area contributed by atoms with E-state index < -0.39 is 11.7 Å². The van der Waals surface area contributed by atoms with Gasteiger partial charge in [0.15, 0.2) is 0 Å². The Morgan fingerprint density at radius 2 is 1.69 bits per heavy atom. The Morgan fingerprint density at radius 3 is 2.31 bits per heavy atom. The minimum atomic E-state index is -4.24. The number of hydrogen-bond acceptors (Lipinski definition) is 0. The average molecular weight is 228 g/mol. The second-order valence-corrected chi connectivity index (χ2v) is 4.03. The molecule has 0 bridgehead atoms. The van der Waals surface area contributed by atoms with E-state index in [-0.39, 0.29) is 5.92 Å². The van der Waals surface area contributed by atoms with Crippen LogP contribution in [-0.2, 0) is 6.18 Å². The number of nitrogens with zero attached hydrogens (tertiary/aromatic N) is 1. The van der Waals surface area contributed by atoms with Crippen LogP contribution in [-0.4, -0.2) is 13.1 Å². The van der Waals surface area contributed by atoms with Gasteiger partial charge in [0.25, 0.3) is 0 Å². The fraction of sp³-hybridized carbons (Fsp3) is 0.500. The standard InChI is InChI=1S/C12H13F3N/c13-12(14,15)11-4-2-1-3-10(11)9-5-7-16-8-6-9/h1-4,9H,5-8H2. The van der Waals surface area contributed by atoms with Crippen molar-refractivity contribution in [3.05, 3.63) is 35.4 Å².